The quantitative estimate of drug-likeness (QED) is 0.279. The largest absolute Gasteiger partial charge is 1.00 e. The van der Waals surface area contributed by atoms with Crippen molar-refractivity contribution >= 4 is 23.9 Å². The van der Waals surface area contributed by atoms with Crippen molar-refractivity contribution < 1.29 is 70.6 Å². The van der Waals surface area contributed by atoms with Gasteiger partial charge in [-0.25, -0.2) is 0 Å². The molecule has 128 valence electrons. The summed E-state index contributed by atoms with van der Waals surface area (Å²) in [6, 6.07) is -0.428. The summed E-state index contributed by atoms with van der Waals surface area (Å²) in [4.78, 5) is 37.2. The fourth-order valence-electron chi connectivity index (χ4n) is 0.387. The predicted molar refractivity (Wildman–Crippen MR) is 74.9 cm³/mol. The molecule has 0 aliphatic rings. The third-order valence-electron chi connectivity index (χ3n) is 1.30. The van der Waals surface area contributed by atoms with Crippen LogP contribution in [0.5, 0.6) is 0 Å². The first-order chi connectivity index (χ1) is 9.29. The maximum Gasteiger partial charge on any atom is 1.00 e. The number of carboxylic acids is 4. The molecule has 0 aliphatic carbocycles. The Kier molecular flexibility index (Phi) is 32.8. The van der Waals surface area contributed by atoms with Crippen LogP contribution in [0.2, 0.25) is 0 Å². The molecule has 0 bridgehead atoms. The van der Waals surface area contributed by atoms with E-state index in [1.54, 1.807) is 6.92 Å². The topological polar surface area (TPSA) is 201 Å². The normalized spacial score (nSPS) is 10.3. The van der Waals surface area contributed by atoms with Crippen LogP contribution in [-0.4, -0.2) is 56.9 Å². The molecule has 0 spiro atoms. The van der Waals surface area contributed by atoms with Gasteiger partial charge in [-0.1, -0.05) is 6.92 Å². The SMILES string of the molecule is CC(=O)O.CC(=O)O.CC(=O)O.CC(C(=O)O)C(N)CN.[H-].[Na+]. The number of aliphatic carboxylic acids is 4. The zero-order valence-electron chi connectivity index (χ0n) is 14.4. The smallest absolute Gasteiger partial charge is 1.00 e. The summed E-state index contributed by atoms with van der Waals surface area (Å²) in [6.45, 7) is 5.01. The van der Waals surface area contributed by atoms with Gasteiger partial charge in [0.15, 0.2) is 0 Å². The van der Waals surface area contributed by atoms with E-state index >= 15 is 0 Å². The Morgan fingerprint density at radius 1 is 0.909 bits per heavy atom. The van der Waals surface area contributed by atoms with E-state index in [9.17, 15) is 4.79 Å². The van der Waals surface area contributed by atoms with Gasteiger partial charge < -0.3 is 33.3 Å². The molecule has 0 rings (SSSR count). The van der Waals surface area contributed by atoms with Crippen molar-refractivity contribution in [3.05, 3.63) is 0 Å². The van der Waals surface area contributed by atoms with E-state index in [1.807, 2.05) is 0 Å². The number of hydrogen-bond donors (Lipinski definition) is 6. The van der Waals surface area contributed by atoms with E-state index in [4.69, 9.17) is 46.3 Å². The van der Waals surface area contributed by atoms with Crippen LogP contribution in [0.3, 0.4) is 0 Å². The zero-order valence-corrected chi connectivity index (χ0v) is 15.4. The van der Waals surface area contributed by atoms with Crippen LogP contribution < -0.4 is 41.0 Å². The molecule has 0 radical (unpaired) electrons. The van der Waals surface area contributed by atoms with Crippen molar-refractivity contribution in [1.82, 2.24) is 0 Å². The van der Waals surface area contributed by atoms with Gasteiger partial charge in [-0.05, 0) is 0 Å². The molecule has 0 aromatic carbocycles. The predicted octanol–water partition coefficient (Wildman–Crippen LogP) is -3.62. The van der Waals surface area contributed by atoms with Gasteiger partial charge >= 0.3 is 35.5 Å². The molecule has 8 N–H and O–H groups in total. The summed E-state index contributed by atoms with van der Waals surface area (Å²) < 4.78 is 0. The second kappa shape index (κ2) is 22.1. The van der Waals surface area contributed by atoms with Crippen molar-refractivity contribution in [2.24, 2.45) is 17.4 Å². The molecule has 0 fully saturated rings. The van der Waals surface area contributed by atoms with Crippen molar-refractivity contribution in [3.63, 3.8) is 0 Å². The van der Waals surface area contributed by atoms with Gasteiger partial charge in [0.1, 0.15) is 0 Å². The van der Waals surface area contributed by atoms with Crippen LogP contribution in [0.1, 0.15) is 29.1 Å². The molecule has 0 aromatic heterocycles. The van der Waals surface area contributed by atoms with Crippen molar-refractivity contribution in [1.29, 1.82) is 0 Å². The van der Waals surface area contributed by atoms with Crippen molar-refractivity contribution in [2.75, 3.05) is 6.54 Å². The van der Waals surface area contributed by atoms with Gasteiger partial charge in [-0.3, -0.25) is 19.2 Å². The minimum Gasteiger partial charge on any atom is -1.00 e. The minimum absolute atomic E-state index is 0. The first-order valence-electron chi connectivity index (χ1n) is 5.56. The number of nitrogens with two attached hydrogens (primary N) is 2. The number of carbonyl (C=O) groups is 4. The molecule has 22 heavy (non-hydrogen) atoms. The Morgan fingerprint density at radius 3 is 1.14 bits per heavy atom. The molecular formula is C11H25N2NaO8. The minimum atomic E-state index is -0.895. The standard InChI is InChI=1S/C5H12N2O2.3C2H4O2.Na.H/c1-3(5(8)9)4(7)2-6;3*1-2(3)4;;/h3-4H,2,6-7H2,1H3,(H,8,9);3*1H3,(H,3,4);;/q;;;;+1;-1. The van der Waals surface area contributed by atoms with Gasteiger partial charge in [-0.2, -0.15) is 0 Å². The molecular weight excluding hydrogens is 311 g/mol. The third kappa shape index (κ3) is 76.9. The number of carboxylic acid groups (broad SMARTS) is 4. The molecule has 0 heterocycles. The number of rotatable bonds is 3. The summed E-state index contributed by atoms with van der Waals surface area (Å²) in [6.07, 6.45) is 0. The number of hydrogen-bond acceptors (Lipinski definition) is 6. The fourth-order valence-corrected chi connectivity index (χ4v) is 0.387. The monoisotopic (exact) mass is 336 g/mol. The second-order valence-corrected chi connectivity index (χ2v) is 3.58. The van der Waals surface area contributed by atoms with Crippen molar-refractivity contribution in [3.8, 4) is 0 Å². The van der Waals surface area contributed by atoms with Gasteiger partial charge in [-0.15, -0.1) is 0 Å². The molecule has 2 atom stereocenters. The zero-order chi connectivity index (χ0) is 18.2. The first-order valence-corrected chi connectivity index (χ1v) is 5.56. The maximum atomic E-state index is 10.2. The Hall–Kier alpha value is -1.20. The van der Waals surface area contributed by atoms with E-state index in [2.05, 4.69) is 0 Å². The van der Waals surface area contributed by atoms with Crippen LogP contribution >= 0.6 is 0 Å². The van der Waals surface area contributed by atoms with Crippen LogP contribution in [0.15, 0.2) is 0 Å². The Labute approximate surface area is 152 Å². The maximum absolute atomic E-state index is 10.2. The summed E-state index contributed by atoms with van der Waals surface area (Å²) in [5, 5.41) is 30.6. The molecule has 11 heteroatoms. The van der Waals surface area contributed by atoms with E-state index in [0.717, 1.165) is 20.8 Å². The summed E-state index contributed by atoms with van der Waals surface area (Å²) in [5.41, 5.74) is 10.4. The van der Waals surface area contributed by atoms with E-state index in [-0.39, 0.29) is 37.5 Å². The van der Waals surface area contributed by atoms with E-state index in [1.165, 1.54) is 0 Å². The average molecular weight is 336 g/mol. The fraction of sp³-hybridized carbons (Fsp3) is 0.636. The summed E-state index contributed by atoms with van der Waals surface area (Å²) in [5.74, 6) is -3.94. The van der Waals surface area contributed by atoms with Crippen LogP contribution in [0.4, 0.5) is 0 Å². The molecule has 0 saturated heterocycles. The molecule has 0 saturated carbocycles. The van der Waals surface area contributed by atoms with Gasteiger partial charge in [0, 0.05) is 33.4 Å². The summed E-state index contributed by atoms with van der Waals surface area (Å²) >= 11 is 0. The van der Waals surface area contributed by atoms with Gasteiger partial charge in [0.25, 0.3) is 17.9 Å². The average Bonchev–Trinajstić information content (AvgIpc) is 2.24. The summed E-state index contributed by atoms with van der Waals surface area (Å²) in [7, 11) is 0. The second-order valence-electron chi connectivity index (χ2n) is 3.58. The van der Waals surface area contributed by atoms with E-state index < -0.39 is 35.8 Å². The Balaban J connectivity index is -0.0000000444. The first kappa shape index (κ1) is 32.7. The van der Waals surface area contributed by atoms with Crippen LogP contribution in [0.25, 0.3) is 0 Å². The Morgan fingerprint density at radius 2 is 1.09 bits per heavy atom. The molecule has 10 nitrogen and oxygen atoms in total. The van der Waals surface area contributed by atoms with Crippen molar-refractivity contribution in [2.45, 2.75) is 33.7 Å². The third-order valence-corrected chi connectivity index (χ3v) is 1.30. The molecule has 2 unspecified atom stereocenters. The van der Waals surface area contributed by atoms with Gasteiger partial charge in [0.05, 0.1) is 5.92 Å². The molecule has 0 aromatic rings. The van der Waals surface area contributed by atoms with Gasteiger partial charge in [0.2, 0.25) is 0 Å². The molecule has 0 aliphatic heterocycles. The van der Waals surface area contributed by atoms with E-state index in [0.29, 0.717) is 0 Å². The molecule has 0 amide bonds. The van der Waals surface area contributed by atoms with Crippen LogP contribution in [0, 0.1) is 5.92 Å². The Bertz CT molecular complexity index is 291. The van der Waals surface area contributed by atoms with Crippen LogP contribution in [-0.2, 0) is 19.2 Å².